The first kappa shape index (κ1) is 15.3. The van der Waals surface area contributed by atoms with Crippen molar-refractivity contribution < 1.29 is 13.9 Å². The Morgan fingerprint density at radius 1 is 1.10 bits per heavy atom. The van der Waals surface area contributed by atoms with Crippen molar-refractivity contribution in [2.75, 3.05) is 7.11 Å². The molecule has 0 saturated carbocycles. The van der Waals surface area contributed by atoms with E-state index in [1.54, 1.807) is 12.1 Å². The van der Waals surface area contributed by atoms with Gasteiger partial charge in [0.15, 0.2) is 11.6 Å². The number of methoxy groups -OCH3 is 1. The number of nitrogens with two attached hydrogens (primary N) is 1. The highest BCUT2D eigenvalue weighted by molar-refractivity contribution is 5.30. The normalized spacial score (nSPS) is 12.0. The molecule has 2 aromatic rings. The summed E-state index contributed by atoms with van der Waals surface area (Å²) in [6, 6.07) is 12.7. The van der Waals surface area contributed by atoms with E-state index in [0.29, 0.717) is 6.61 Å². The van der Waals surface area contributed by atoms with Crippen LogP contribution in [0.3, 0.4) is 0 Å². The zero-order valence-corrected chi connectivity index (χ0v) is 12.3. The Hall–Kier alpha value is -2.07. The molecule has 0 amide bonds. The van der Waals surface area contributed by atoms with Crippen molar-refractivity contribution in [2.24, 2.45) is 5.73 Å². The van der Waals surface area contributed by atoms with Crippen molar-refractivity contribution >= 4 is 0 Å². The Morgan fingerprint density at radius 3 is 2.33 bits per heavy atom. The van der Waals surface area contributed by atoms with E-state index in [1.807, 2.05) is 31.2 Å². The Labute approximate surface area is 124 Å². The third-order valence-electron chi connectivity index (χ3n) is 3.10. The minimum atomic E-state index is -0.383. The Morgan fingerprint density at radius 2 is 1.76 bits per heavy atom. The van der Waals surface area contributed by atoms with Crippen LogP contribution in [0.5, 0.6) is 11.5 Å². The first-order valence-electron chi connectivity index (χ1n) is 6.88. The van der Waals surface area contributed by atoms with Gasteiger partial charge in [-0.25, -0.2) is 4.39 Å². The molecule has 0 aliphatic rings. The van der Waals surface area contributed by atoms with Crippen LogP contribution in [0.25, 0.3) is 0 Å². The fraction of sp³-hybridized carbons (Fsp3) is 0.294. The number of hydrogen-bond donors (Lipinski definition) is 1. The molecule has 0 spiro atoms. The molecule has 0 saturated heterocycles. The van der Waals surface area contributed by atoms with Gasteiger partial charge in [-0.2, -0.15) is 0 Å². The van der Waals surface area contributed by atoms with E-state index < -0.39 is 0 Å². The van der Waals surface area contributed by atoms with Gasteiger partial charge in [0.05, 0.1) is 7.11 Å². The van der Waals surface area contributed by atoms with Crippen molar-refractivity contribution in [3.05, 3.63) is 59.4 Å². The molecule has 1 unspecified atom stereocenters. The van der Waals surface area contributed by atoms with E-state index in [0.717, 1.165) is 17.7 Å². The van der Waals surface area contributed by atoms with Gasteiger partial charge < -0.3 is 15.2 Å². The molecule has 0 aliphatic carbocycles. The van der Waals surface area contributed by atoms with Crippen LogP contribution in [0.2, 0.25) is 0 Å². The number of halogens is 1. The molecule has 3 nitrogen and oxygen atoms in total. The summed E-state index contributed by atoms with van der Waals surface area (Å²) in [5.41, 5.74) is 7.69. The summed E-state index contributed by atoms with van der Waals surface area (Å²) in [5.74, 6) is 0.601. The van der Waals surface area contributed by atoms with Gasteiger partial charge in [-0.1, -0.05) is 18.2 Å². The van der Waals surface area contributed by atoms with Gasteiger partial charge in [0.2, 0.25) is 0 Å². The molecule has 0 aromatic heterocycles. The second-order valence-electron chi connectivity index (χ2n) is 5.08. The minimum Gasteiger partial charge on any atom is -0.494 e. The molecule has 0 fully saturated rings. The second kappa shape index (κ2) is 7.09. The lowest BCUT2D eigenvalue weighted by Crippen LogP contribution is -2.17. The lowest BCUT2D eigenvalue weighted by molar-refractivity contribution is 0.304. The van der Waals surface area contributed by atoms with Gasteiger partial charge in [0.1, 0.15) is 12.4 Å². The standard InChI is InChI=1S/C17H20FNO2/c1-12(19)9-13-3-6-15(7-4-13)21-11-14-5-8-17(20-2)16(18)10-14/h3-8,10,12H,9,11,19H2,1-2H3. The Kier molecular flexibility index (Phi) is 5.17. The quantitative estimate of drug-likeness (QED) is 0.887. The maximum absolute atomic E-state index is 13.6. The number of benzene rings is 2. The van der Waals surface area contributed by atoms with Crippen LogP contribution in [0.4, 0.5) is 4.39 Å². The van der Waals surface area contributed by atoms with Gasteiger partial charge in [-0.15, -0.1) is 0 Å². The highest BCUT2D eigenvalue weighted by Gasteiger charge is 2.04. The summed E-state index contributed by atoms with van der Waals surface area (Å²) >= 11 is 0. The highest BCUT2D eigenvalue weighted by atomic mass is 19.1. The third kappa shape index (κ3) is 4.46. The zero-order valence-electron chi connectivity index (χ0n) is 12.3. The Balaban J connectivity index is 1.95. The molecule has 0 aliphatic heterocycles. The molecule has 2 N–H and O–H groups in total. The molecule has 2 rings (SSSR count). The van der Waals surface area contributed by atoms with Crippen LogP contribution in [0.15, 0.2) is 42.5 Å². The zero-order chi connectivity index (χ0) is 15.2. The molecule has 2 aromatic carbocycles. The summed E-state index contributed by atoms with van der Waals surface area (Å²) in [5, 5.41) is 0. The first-order chi connectivity index (χ1) is 10.1. The number of rotatable bonds is 6. The molecule has 0 radical (unpaired) electrons. The summed E-state index contributed by atoms with van der Waals surface area (Å²) in [7, 11) is 1.44. The number of ether oxygens (including phenoxy) is 2. The molecular formula is C17H20FNO2. The fourth-order valence-corrected chi connectivity index (χ4v) is 2.06. The molecule has 1 atom stereocenters. The average Bonchev–Trinajstić information content (AvgIpc) is 2.46. The Bertz CT molecular complexity index is 582. The molecule has 112 valence electrons. The van der Waals surface area contributed by atoms with E-state index in [9.17, 15) is 4.39 Å². The van der Waals surface area contributed by atoms with Crippen LogP contribution in [-0.4, -0.2) is 13.2 Å². The summed E-state index contributed by atoms with van der Waals surface area (Å²) in [6.45, 7) is 2.29. The topological polar surface area (TPSA) is 44.5 Å². The SMILES string of the molecule is COc1ccc(COc2ccc(CC(C)N)cc2)cc1F. The van der Waals surface area contributed by atoms with Gasteiger partial charge in [-0.05, 0) is 48.7 Å². The summed E-state index contributed by atoms with van der Waals surface area (Å²) in [6.07, 6.45) is 0.837. The monoisotopic (exact) mass is 289 g/mol. The highest BCUT2D eigenvalue weighted by Crippen LogP contribution is 2.19. The van der Waals surface area contributed by atoms with Crippen LogP contribution in [-0.2, 0) is 13.0 Å². The van der Waals surface area contributed by atoms with Crippen molar-refractivity contribution in [1.82, 2.24) is 0 Å². The molecule has 0 bridgehead atoms. The maximum Gasteiger partial charge on any atom is 0.165 e. The van der Waals surface area contributed by atoms with E-state index >= 15 is 0 Å². The van der Waals surface area contributed by atoms with Crippen molar-refractivity contribution in [3.63, 3.8) is 0 Å². The predicted octanol–water partition coefficient (Wildman–Crippen LogP) is 3.30. The van der Waals surface area contributed by atoms with Gasteiger partial charge >= 0.3 is 0 Å². The van der Waals surface area contributed by atoms with Crippen LogP contribution >= 0.6 is 0 Å². The lowest BCUT2D eigenvalue weighted by Gasteiger charge is -2.09. The molecule has 0 heterocycles. The van der Waals surface area contributed by atoms with E-state index in [4.69, 9.17) is 15.2 Å². The third-order valence-corrected chi connectivity index (χ3v) is 3.10. The van der Waals surface area contributed by atoms with E-state index in [-0.39, 0.29) is 17.6 Å². The van der Waals surface area contributed by atoms with Crippen LogP contribution in [0.1, 0.15) is 18.1 Å². The fourth-order valence-electron chi connectivity index (χ4n) is 2.06. The molecule has 4 heteroatoms. The molecule has 21 heavy (non-hydrogen) atoms. The predicted molar refractivity (Wildman–Crippen MR) is 81.1 cm³/mol. The average molecular weight is 289 g/mol. The van der Waals surface area contributed by atoms with Crippen molar-refractivity contribution in [3.8, 4) is 11.5 Å². The maximum atomic E-state index is 13.6. The van der Waals surface area contributed by atoms with Gasteiger partial charge in [-0.3, -0.25) is 0 Å². The lowest BCUT2D eigenvalue weighted by atomic mass is 10.1. The second-order valence-corrected chi connectivity index (χ2v) is 5.08. The smallest absolute Gasteiger partial charge is 0.165 e. The summed E-state index contributed by atoms with van der Waals surface area (Å²) < 4.78 is 24.1. The van der Waals surface area contributed by atoms with E-state index in [2.05, 4.69) is 0 Å². The first-order valence-corrected chi connectivity index (χ1v) is 6.88. The van der Waals surface area contributed by atoms with Gasteiger partial charge in [0, 0.05) is 6.04 Å². The summed E-state index contributed by atoms with van der Waals surface area (Å²) in [4.78, 5) is 0. The van der Waals surface area contributed by atoms with E-state index in [1.165, 1.54) is 18.7 Å². The van der Waals surface area contributed by atoms with Crippen LogP contribution < -0.4 is 15.2 Å². The number of hydrogen-bond acceptors (Lipinski definition) is 3. The van der Waals surface area contributed by atoms with Crippen molar-refractivity contribution in [1.29, 1.82) is 0 Å². The van der Waals surface area contributed by atoms with Gasteiger partial charge in [0.25, 0.3) is 0 Å². The van der Waals surface area contributed by atoms with Crippen LogP contribution in [0, 0.1) is 5.82 Å². The minimum absolute atomic E-state index is 0.138. The largest absolute Gasteiger partial charge is 0.494 e. The van der Waals surface area contributed by atoms with Crippen molar-refractivity contribution in [2.45, 2.75) is 26.0 Å². The molecular weight excluding hydrogens is 269 g/mol.